The van der Waals surface area contributed by atoms with Crippen LogP contribution in [-0.2, 0) is 4.79 Å². The lowest BCUT2D eigenvalue weighted by molar-refractivity contribution is -0.116. The van der Waals surface area contributed by atoms with E-state index in [-0.39, 0.29) is 5.91 Å². The smallest absolute Gasteiger partial charge is 0.260 e. The summed E-state index contributed by atoms with van der Waals surface area (Å²) in [5.74, 6) is 0.964. The second-order valence-corrected chi connectivity index (χ2v) is 5.22. The van der Waals surface area contributed by atoms with Gasteiger partial charge in [0.1, 0.15) is 0 Å². The Hall–Kier alpha value is -2.21. The number of nitrogens with one attached hydrogen (secondary N) is 2. The van der Waals surface area contributed by atoms with Gasteiger partial charge in [-0.1, -0.05) is 17.3 Å². The SMILES string of the molecule is Cc1noc(-c2ccccc2NC(=O)CCNC2CC2)n1. The van der Waals surface area contributed by atoms with Gasteiger partial charge in [-0.25, -0.2) is 0 Å². The quantitative estimate of drug-likeness (QED) is 0.850. The number of anilines is 1. The number of hydrogen-bond donors (Lipinski definition) is 2. The van der Waals surface area contributed by atoms with Crippen molar-refractivity contribution < 1.29 is 9.32 Å². The molecule has 2 N–H and O–H groups in total. The van der Waals surface area contributed by atoms with Gasteiger partial charge in [-0.2, -0.15) is 4.98 Å². The van der Waals surface area contributed by atoms with Crippen LogP contribution in [-0.4, -0.2) is 28.6 Å². The summed E-state index contributed by atoms with van der Waals surface area (Å²) in [6.07, 6.45) is 2.90. The maximum Gasteiger partial charge on any atom is 0.260 e. The van der Waals surface area contributed by atoms with Gasteiger partial charge >= 0.3 is 0 Å². The molecule has 0 aliphatic heterocycles. The highest BCUT2D eigenvalue weighted by molar-refractivity contribution is 5.94. The van der Waals surface area contributed by atoms with E-state index in [4.69, 9.17) is 4.52 Å². The predicted octanol–water partition coefficient (Wildman–Crippen LogP) is 2.13. The van der Waals surface area contributed by atoms with E-state index in [0.717, 1.165) is 5.56 Å². The highest BCUT2D eigenvalue weighted by atomic mass is 16.5. The van der Waals surface area contributed by atoms with Crippen molar-refractivity contribution in [3.05, 3.63) is 30.1 Å². The molecular formula is C15H18N4O2. The number of carbonyl (C=O) groups is 1. The Morgan fingerprint density at radius 3 is 2.90 bits per heavy atom. The molecular weight excluding hydrogens is 268 g/mol. The van der Waals surface area contributed by atoms with Crippen molar-refractivity contribution in [2.24, 2.45) is 0 Å². The molecule has 110 valence electrons. The summed E-state index contributed by atoms with van der Waals surface area (Å²) < 4.78 is 5.17. The van der Waals surface area contributed by atoms with E-state index < -0.39 is 0 Å². The predicted molar refractivity (Wildman–Crippen MR) is 78.7 cm³/mol. The third-order valence-corrected chi connectivity index (χ3v) is 3.32. The summed E-state index contributed by atoms with van der Waals surface area (Å²) >= 11 is 0. The van der Waals surface area contributed by atoms with Crippen molar-refractivity contribution in [2.75, 3.05) is 11.9 Å². The first-order valence-corrected chi connectivity index (χ1v) is 7.15. The summed E-state index contributed by atoms with van der Waals surface area (Å²) in [5.41, 5.74) is 1.43. The van der Waals surface area contributed by atoms with E-state index in [0.29, 0.717) is 36.4 Å². The number of nitrogens with zero attached hydrogens (tertiary/aromatic N) is 2. The van der Waals surface area contributed by atoms with Crippen LogP contribution in [0, 0.1) is 6.92 Å². The zero-order chi connectivity index (χ0) is 14.7. The molecule has 1 aromatic carbocycles. The van der Waals surface area contributed by atoms with Gasteiger partial charge in [0.15, 0.2) is 5.82 Å². The third kappa shape index (κ3) is 3.66. The molecule has 1 aliphatic rings. The molecule has 2 aromatic rings. The van der Waals surface area contributed by atoms with E-state index in [2.05, 4.69) is 20.8 Å². The van der Waals surface area contributed by atoms with Crippen LogP contribution < -0.4 is 10.6 Å². The van der Waals surface area contributed by atoms with Gasteiger partial charge in [0.05, 0.1) is 11.3 Å². The van der Waals surface area contributed by atoms with E-state index in [1.165, 1.54) is 12.8 Å². The Labute approximate surface area is 122 Å². The first kappa shape index (κ1) is 13.8. The number of aryl methyl sites for hydroxylation is 1. The highest BCUT2D eigenvalue weighted by Crippen LogP contribution is 2.26. The molecule has 0 unspecified atom stereocenters. The van der Waals surface area contributed by atoms with Crippen molar-refractivity contribution in [2.45, 2.75) is 32.2 Å². The van der Waals surface area contributed by atoms with Crippen LogP contribution in [0.25, 0.3) is 11.5 Å². The summed E-state index contributed by atoms with van der Waals surface area (Å²) in [4.78, 5) is 16.2. The lowest BCUT2D eigenvalue weighted by atomic mass is 10.1. The monoisotopic (exact) mass is 286 g/mol. The fourth-order valence-electron chi connectivity index (χ4n) is 2.08. The molecule has 0 radical (unpaired) electrons. The first-order chi connectivity index (χ1) is 10.2. The number of hydrogen-bond acceptors (Lipinski definition) is 5. The zero-order valence-corrected chi connectivity index (χ0v) is 11.9. The standard InChI is InChI=1S/C15H18N4O2/c1-10-17-15(21-19-10)12-4-2-3-5-13(12)18-14(20)8-9-16-11-6-7-11/h2-5,11,16H,6-9H2,1H3,(H,18,20). The van der Waals surface area contributed by atoms with Gasteiger partial charge in [-0.15, -0.1) is 0 Å². The van der Waals surface area contributed by atoms with Gasteiger partial charge < -0.3 is 15.2 Å². The van der Waals surface area contributed by atoms with Crippen LogP contribution in [0.5, 0.6) is 0 Å². The molecule has 0 spiro atoms. The average molecular weight is 286 g/mol. The van der Waals surface area contributed by atoms with Crippen LogP contribution in [0.2, 0.25) is 0 Å². The second-order valence-electron chi connectivity index (χ2n) is 5.22. The van der Waals surface area contributed by atoms with Gasteiger partial charge in [-0.3, -0.25) is 4.79 Å². The minimum atomic E-state index is -0.0214. The number of rotatable bonds is 6. The summed E-state index contributed by atoms with van der Waals surface area (Å²) in [7, 11) is 0. The van der Waals surface area contributed by atoms with E-state index >= 15 is 0 Å². The average Bonchev–Trinajstić information content (AvgIpc) is 3.19. The summed E-state index contributed by atoms with van der Waals surface area (Å²) in [5, 5.41) is 10.0. The van der Waals surface area contributed by atoms with E-state index in [1.54, 1.807) is 6.92 Å². The number of aromatic nitrogens is 2. The van der Waals surface area contributed by atoms with Gasteiger partial charge in [0.25, 0.3) is 5.89 Å². The molecule has 1 amide bonds. The second kappa shape index (κ2) is 6.05. The zero-order valence-electron chi connectivity index (χ0n) is 11.9. The number of benzene rings is 1. The van der Waals surface area contributed by atoms with Crippen molar-refractivity contribution in [3.8, 4) is 11.5 Å². The fourth-order valence-corrected chi connectivity index (χ4v) is 2.08. The largest absolute Gasteiger partial charge is 0.334 e. The van der Waals surface area contributed by atoms with Gasteiger partial charge in [0.2, 0.25) is 5.91 Å². The molecule has 6 heteroatoms. The van der Waals surface area contributed by atoms with Crippen LogP contribution in [0.3, 0.4) is 0 Å². The molecule has 1 heterocycles. The third-order valence-electron chi connectivity index (χ3n) is 3.32. The molecule has 0 bridgehead atoms. The molecule has 1 aliphatic carbocycles. The number of carbonyl (C=O) groups excluding carboxylic acids is 1. The Balaban J connectivity index is 1.65. The van der Waals surface area contributed by atoms with Crippen molar-refractivity contribution in [1.82, 2.24) is 15.5 Å². The van der Waals surface area contributed by atoms with Crippen molar-refractivity contribution in [3.63, 3.8) is 0 Å². The maximum absolute atomic E-state index is 12.0. The van der Waals surface area contributed by atoms with Crippen molar-refractivity contribution in [1.29, 1.82) is 0 Å². The lowest BCUT2D eigenvalue weighted by Crippen LogP contribution is -2.23. The maximum atomic E-state index is 12.0. The highest BCUT2D eigenvalue weighted by Gasteiger charge is 2.20. The number of amides is 1. The van der Waals surface area contributed by atoms with E-state index in [1.807, 2.05) is 24.3 Å². The molecule has 1 aromatic heterocycles. The minimum absolute atomic E-state index is 0.0214. The van der Waals surface area contributed by atoms with Crippen LogP contribution in [0.15, 0.2) is 28.8 Å². The van der Waals surface area contributed by atoms with Crippen LogP contribution in [0.4, 0.5) is 5.69 Å². The van der Waals surface area contributed by atoms with Gasteiger partial charge in [-0.05, 0) is 31.9 Å². The first-order valence-electron chi connectivity index (χ1n) is 7.15. The van der Waals surface area contributed by atoms with Crippen LogP contribution >= 0.6 is 0 Å². The molecule has 0 atom stereocenters. The molecule has 1 fully saturated rings. The fraction of sp³-hybridized carbons (Fsp3) is 0.400. The Morgan fingerprint density at radius 2 is 2.19 bits per heavy atom. The summed E-state index contributed by atoms with van der Waals surface area (Å²) in [6.45, 7) is 2.47. The Bertz CT molecular complexity index is 634. The topological polar surface area (TPSA) is 80.0 Å². The van der Waals surface area contributed by atoms with Gasteiger partial charge in [0, 0.05) is 19.0 Å². The molecule has 0 saturated heterocycles. The summed E-state index contributed by atoms with van der Waals surface area (Å²) in [6, 6.07) is 8.04. The minimum Gasteiger partial charge on any atom is -0.334 e. The Morgan fingerprint density at radius 1 is 1.38 bits per heavy atom. The molecule has 6 nitrogen and oxygen atoms in total. The van der Waals surface area contributed by atoms with Crippen LogP contribution in [0.1, 0.15) is 25.1 Å². The number of para-hydroxylation sites is 1. The molecule has 21 heavy (non-hydrogen) atoms. The van der Waals surface area contributed by atoms with Crippen molar-refractivity contribution >= 4 is 11.6 Å². The lowest BCUT2D eigenvalue weighted by Gasteiger charge is -2.08. The van der Waals surface area contributed by atoms with E-state index in [9.17, 15) is 4.79 Å². The molecule has 3 rings (SSSR count). The normalized spacial score (nSPS) is 14.1. The Kier molecular flexibility index (Phi) is 3.96. The molecule has 1 saturated carbocycles.